The molecule has 2 aromatic carbocycles. The molecule has 0 saturated heterocycles. The number of rotatable bonds is 5. The van der Waals surface area contributed by atoms with Crippen LogP contribution in [0.15, 0.2) is 83.1 Å². The van der Waals surface area contributed by atoms with E-state index >= 15 is 0 Å². The molecule has 4 aromatic rings. The summed E-state index contributed by atoms with van der Waals surface area (Å²) >= 11 is 1.59. The molecule has 0 N–H and O–H groups in total. The number of aryl methyl sites for hydroxylation is 1. The van der Waals surface area contributed by atoms with Crippen LogP contribution in [0.2, 0.25) is 0 Å². The van der Waals surface area contributed by atoms with Crippen LogP contribution in [-0.4, -0.2) is 18.2 Å². The van der Waals surface area contributed by atoms with Crippen molar-refractivity contribution >= 4 is 21.2 Å². The fraction of sp³-hybridized carbons (Fsp3) is 0.0952. The van der Waals surface area contributed by atoms with E-state index in [1.54, 1.807) is 40.3 Å². The number of hydrogen-bond acceptors (Lipinski definition) is 4. The molecule has 0 unspecified atom stereocenters. The average Bonchev–Trinajstić information content (AvgIpc) is 3.33. The normalized spacial score (nSPS) is 11.6. The van der Waals surface area contributed by atoms with Gasteiger partial charge in [0.25, 0.3) is 0 Å². The molecule has 4 nitrogen and oxygen atoms in total. The van der Waals surface area contributed by atoms with E-state index in [9.17, 15) is 8.42 Å². The lowest BCUT2D eigenvalue weighted by Crippen LogP contribution is -2.10. The molecular formula is C21H18N2O2S2. The molecule has 0 saturated carbocycles. The second-order valence-corrected chi connectivity index (χ2v) is 9.21. The molecule has 2 heterocycles. The summed E-state index contributed by atoms with van der Waals surface area (Å²) in [6.07, 6.45) is 0. The number of thiophene rings is 1. The summed E-state index contributed by atoms with van der Waals surface area (Å²) in [6, 6.07) is 22.2. The van der Waals surface area contributed by atoms with E-state index in [0.29, 0.717) is 10.6 Å². The number of nitrogens with zero attached hydrogens (tertiary/aromatic N) is 2. The summed E-state index contributed by atoms with van der Waals surface area (Å²) in [5, 5.41) is 6.71. The SMILES string of the molecule is Cc1ccccc1-n1nc(-c2cccs2)cc1CS(=O)(=O)c1ccccc1. The molecule has 0 aliphatic rings. The van der Waals surface area contributed by atoms with Gasteiger partial charge in [-0.25, -0.2) is 13.1 Å². The summed E-state index contributed by atoms with van der Waals surface area (Å²) in [5.41, 5.74) is 3.36. The van der Waals surface area contributed by atoms with Crippen LogP contribution >= 0.6 is 11.3 Å². The molecule has 2 aromatic heterocycles. The summed E-state index contributed by atoms with van der Waals surface area (Å²) in [5.74, 6) is -0.107. The number of sulfone groups is 1. The fourth-order valence-corrected chi connectivity index (χ4v) is 5.00. The van der Waals surface area contributed by atoms with Gasteiger partial charge in [-0.2, -0.15) is 5.10 Å². The third-order valence-electron chi connectivity index (χ3n) is 4.34. The molecule has 0 fully saturated rings. The zero-order valence-corrected chi connectivity index (χ0v) is 16.4. The Hall–Kier alpha value is -2.70. The second-order valence-electron chi connectivity index (χ2n) is 6.27. The quantitative estimate of drug-likeness (QED) is 0.485. The van der Waals surface area contributed by atoms with E-state index in [0.717, 1.165) is 21.8 Å². The first-order valence-corrected chi connectivity index (χ1v) is 11.0. The molecule has 4 rings (SSSR count). The van der Waals surface area contributed by atoms with Crippen molar-refractivity contribution < 1.29 is 8.42 Å². The standard InChI is InChI=1S/C21H18N2O2S2/c1-16-8-5-6-11-20(16)23-17(14-19(22-23)21-12-7-13-26-21)15-27(24,25)18-9-3-2-4-10-18/h2-14H,15H2,1H3. The molecule has 0 aliphatic heterocycles. The van der Waals surface area contributed by atoms with Gasteiger partial charge in [-0.1, -0.05) is 42.5 Å². The summed E-state index contributed by atoms with van der Waals surface area (Å²) in [7, 11) is -3.47. The molecule has 0 radical (unpaired) electrons. The van der Waals surface area contributed by atoms with E-state index in [4.69, 9.17) is 5.10 Å². The molecule has 0 bridgehead atoms. The van der Waals surface area contributed by atoms with Crippen LogP contribution in [0.4, 0.5) is 0 Å². The van der Waals surface area contributed by atoms with E-state index in [-0.39, 0.29) is 5.75 Å². The summed E-state index contributed by atoms with van der Waals surface area (Å²) in [6.45, 7) is 2.00. The first-order chi connectivity index (χ1) is 13.0. The first-order valence-electron chi connectivity index (χ1n) is 8.51. The Morgan fingerprint density at radius 2 is 1.70 bits per heavy atom. The van der Waals surface area contributed by atoms with E-state index in [2.05, 4.69) is 0 Å². The van der Waals surface area contributed by atoms with Crippen molar-refractivity contribution in [3.8, 4) is 16.3 Å². The van der Waals surface area contributed by atoms with Gasteiger partial charge in [0.2, 0.25) is 0 Å². The van der Waals surface area contributed by atoms with Crippen molar-refractivity contribution in [1.29, 1.82) is 0 Å². The smallest absolute Gasteiger partial charge is 0.184 e. The van der Waals surface area contributed by atoms with E-state index < -0.39 is 9.84 Å². The molecule has 6 heteroatoms. The Bertz CT molecular complexity index is 1160. The van der Waals surface area contributed by atoms with Gasteiger partial charge >= 0.3 is 0 Å². The predicted molar refractivity (Wildman–Crippen MR) is 109 cm³/mol. The van der Waals surface area contributed by atoms with Gasteiger partial charge in [-0.15, -0.1) is 11.3 Å². The van der Waals surface area contributed by atoms with Crippen LogP contribution < -0.4 is 0 Å². The van der Waals surface area contributed by atoms with Crippen molar-refractivity contribution in [3.63, 3.8) is 0 Å². The Kier molecular flexibility index (Phi) is 4.68. The minimum Gasteiger partial charge on any atom is -0.236 e. The lowest BCUT2D eigenvalue weighted by Gasteiger charge is -2.10. The number of aromatic nitrogens is 2. The highest BCUT2D eigenvalue weighted by molar-refractivity contribution is 7.90. The number of hydrogen-bond donors (Lipinski definition) is 0. The maximum atomic E-state index is 12.9. The Morgan fingerprint density at radius 3 is 2.41 bits per heavy atom. The third kappa shape index (κ3) is 3.59. The topological polar surface area (TPSA) is 52.0 Å². The highest BCUT2D eigenvalue weighted by Gasteiger charge is 2.21. The Balaban J connectivity index is 1.83. The predicted octanol–water partition coefficient (Wildman–Crippen LogP) is 4.88. The van der Waals surface area contributed by atoms with E-state index in [1.807, 2.05) is 60.8 Å². The van der Waals surface area contributed by atoms with Crippen LogP contribution in [0.1, 0.15) is 11.3 Å². The van der Waals surface area contributed by atoms with Gasteiger partial charge in [0, 0.05) is 0 Å². The zero-order chi connectivity index (χ0) is 18.9. The van der Waals surface area contributed by atoms with Gasteiger partial charge in [-0.05, 0) is 48.2 Å². The van der Waals surface area contributed by atoms with Crippen LogP contribution in [0, 0.1) is 6.92 Å². The fourth-order valence-electron chi connectivity index (χ4n) is 2.98. The summed E-state index contributed by atoms with van der Waals surface area (Å²) in [4.78, 5) is 1.33. The number of benzene rings is 2. The minimum atomic E-state index is -3.47. The maximum absolute atomic E-state index is 12.9. The third-order valence-corrected chi connectivity index (χ3v) is 6.90. The molecule has 27 heavy (non-hydrogen) atoms. The molecule has 0 amide bonds. The molecule has 136 valence electrons. The maximum Gasteiger partial charge on any atom is 0.184 e. The van der Waals surface area contributed by atoms with Gasteiger partial charge < -0.3 is 0 Å². The van der Waals surface area contributed by atoms with Crippen molar-refractivity contribution in [2.75, 3.05) is 0 Å². The second kappa shape index (κ2) is 7.13. The van der Waals surface area contributed by atoms with Crippen molar-refractivity contribution in [1.82, 2.24) is 9.78 Å². The molecule has 0 spiro atoms. The first kappa shape index (κ1) is 17.7. The van der Waals surface area contributed by atoms with E-state index in [1.165, 1.54) is 0 Å². The monoisotopic (exact) mass is 394 g/mol. The van der Waals surface area contributed by atoms with Crippen molar-refractivity contribution in [2.24, 2.45) is 0 Å². The lowest BCUT2D eigenvalue weighted by atomic mass is 10.2. The van der Waals surface area contributed by atoms with Gasteiger partial charge in [0.05, 0.1) is 26.9 Å². The van der Waals surface area contributed by atoms with Crippen LogP contribution in [0.25, 0.3) is 16.3 Å². The Morgan fingerprint density at radius 1 is 0.963 bits per heavy atom. The zero-order valence-electron chi connectivity index (χ0n) is 14.7. The molecular weight excluding hydrogens is 376 g/mol. The Labute approximate surface area is 162 Å². The van der Waals surface area contributed by atoms with Crippen LogP contribution in [-0.2, 0) is 15.6 Å². The largest absolute Gasteiger partial charge is 0.236 e. The van der Waals surface area contributed by atoms with Crippen molar-refractivity contribution in [2.45, 2.75) is 17.6 Å². The highest BCUT2D eigenvalue weighted by atomic mass is 32.2. The van der Waals surface area contributed by atoms with Crippen LogP contribution in [0.5, 0.6) is 0 Å². The highest BCUT2D eigenvalue weighted by Crippen LogP contribution is 2.28. The molecule has 0 aliphatic carbocycles. The van der Waals surface area contributed by atoms with Gasteiger partial charge in [0.15, 0.2) is 9.84 Å². The lowest BCUT2D eigenvalue weighted by molar-refractivity contribution is 0.593. The minimum absolute atomic E-state index is 0.107. The molecule has 0 atom stereocenters. The van der Waals surface area contributed by atoms with Gasteiger partial charge in [0.1, 0.15) is 5.69 Å². The van der Waals surface area contributed by atoms with Gasteiger partial charge in [-0.3, -0.25) is 0 Å². The van der Waals surface area contributed by atoms with Crippen LogP contribution in [0.3, 0.4) is 0 Å². The number of para-hydroxylation sites is 1. The van der Waals surface area contributed by atoms with Crippen molar-refractivity contribution in [3.05, 3.63) is 89.4 Å². The average molecular weight is 395 g/mol. The summed E-state index contributed by atoms with van der Waals surface area (Å²) < 4.78 is 27.6.